The van der Waals surface area contributed by atoms with Gasteiger partial charge in [0.1, 0.15) is 23.3 Å². The summed E-state index contributed by atoms with van der Waals surface area (Å²) in [4.78, 5) is 11.0. The number of methoxy groups -OCH3 is 3. The van der Waals surface area contributed by atoms with Gasteiger partial charge in [0.05, 0.1) is 21.3 Å². The van der Waals surface area contributed by atoms with Crippen molar-refractivity contribution in [2.75, 3.05) is 21.3 Å². The monoisotopic (exact) mass is 347 g/mol. The smallest absolute Gasteiger partial charge is 0.322 e. The van der Waals surface area contributed by atoms with E-state index in [1.807, 2.05) is 0 Å². The summed E-state index contributed by atoms with van der Waals surface area (Å²) in [7, 11) is -0.188. The minimum absolute atomic E-state index is 0.0124. The summed E-state index contributed by atoms with van der Waals surface area (Å²) >= 11 is 0. The van der Waals surface area contributed by atoms with Crippen LogP contribution in [0.5, 0.6) is 17.2 Å². The minimum Gasteiger partial charge on any atom is -0.496 e. The topological polar surface area (TPSA) is 111 Å². The molecule has 0 radical (unpaired) electrons. The first-order valence-electron chi connectivity index (χ1n) is 6.73. The fraction of sp³-hybridized carbons (Fsp3) is 0.500. The fourth-order valence-electron chi connectivity index (χ4n) is 1.94. The molecule has 0 heterocycles. The number of sulfonamides is 1. The fourth-order valence-corrected chi connectivity index (χ4v) is 3.58. The Balaban J connectivity index is 3.45. The van der Waals surface area contributed by atoms with Gasteiger partial charge in [-0.15, -0.1) is 0 Å². The molecular weight excluding hydrogens is 326 g/mol. The van der Waals surface area contributed by atoms with Crippen LogP contribution >= 0.6 is 0 Å². The third kappa shape index (κ3) is 4.26. The first kappa shape index (κ1) is 19.0. The number of carbonyl (C=O) groups is 1. The van der Waals surface area contributed by atoms with Gasteiger partial charge in [-0.25, -0.2) is 8.42 Å². The zero-order chi connectivity index (χ0) is 17.8. The Morgan fingerprint density at radius 3 is 1.87 bits per heavy atom. The lowest BCUT2D eigenvalue weighted by molar-refractivity contribution is -0.140. The molecule has 0 aliphatic carbocycles. The lowest BCUT2D eigenvalue weighted by atomic mass is 10.1. The summed E-state index contributed by atoms with van der Waals surface area (Å²) in [6.45, 7) is 3.20. The van der Waals surface area contributed by atoms with Crippen LogP contribution in [0.2, 0.25) is 0 Å². The van der Waals surface area contributed by atoms with Gasteiger partial charge in [0.15, 0.2) is 4.90 Å². The SMILES string of the molecule is COc1cc(OC)c(S(=O)(=O)NC(C(=O)O)C(C)C)c(OC)c1. The summed E-state index contributed by atoms with van der Waals surface area (Å²) < 4.78 is 42.7. The molecule has 9 heteroatoms. The van der Waals surface area contributed by atoms with Gasteiger partial charge >= 0.3 is 5.97 Å². The van der Waals surface area contributed by atoms with Crippen LogP contribution < -0.4 is 18.9 Å². The number of hydrogen-bond acceptors (Lipinski definition) is 6. The molecule has 1 unspecified atom stereocenters. The standard InChI is InChI=1S/C14H21NO7S/c1-8(2)12(14(16)17)15-23(18,19)13-10(21-4)6-9(20-3)7-11(13)22-5/h6-8,12,15H,1-5H3,(H,16,17). The maximum atomic E-state index is 12.6. The molecule has 1 atom stereocenters. The average Bonchev–Trinajstić information content (AvgIpc) is 2.50. The van der Waals surface area contributed by atoms with E-state index in [9.17, 15) is 18.3 Å². The number of carboxylic acids is 1. The second-order valence-electron chi connectivity index (χ2n) is 5.04. The quantitative estimate of drug-likeness (QED) is 0.724. The van der Waals surface area contributed by atoms with E-state index in [1.54, 1.807) is 13.8 Å². The summed E-state index contributed by atoms with van der Waals surface area (Å²) in [6, 6.07) is 1.47. The van der Waals surface area contributed by atoms with E-state index in [0.717, 1.165) is 0 Å². The number of aliphatic carboxylic acids is 1. The molecule has 0 aliphatic rings. The van der Waals surface area contributed by atoms with Crippen molar-refractivity contribution in [3.05, 3.63) is 12.1 Å². The van der Waals surface area contributed by atoms with Gasteiger partial charge in [0.2, 0.25) is 10.0 Å². The molecule has 0 amide bonds. The molecule has 130 valence electrons. The van der Waals surface area contributed by atoms with Gasteiger partial charge in [-0.05, 0) is 5.92 Å². The van der Waals surface area contributed by atoms with Gasteiger partial charge in [-0.1, -0.05) is 13.8 Å². The van der Waals surface area contributed by atoms with Gasteiger partial charge in [0, 0.05) is 12.1 Å². The van der Waals surface area contributed by atoms with E-state index >= 15 is 0 Å². The van der Waals surface area contributed by atoms with Crippen molar-refractivity contribution >= 4 is 16.0 Å². The molecule has 0 spiro atoms. The maximum Gasteiger partial charge on any atom is 0.322 e. The molecule has 0 aromatic heterocycles. The van der Waals surface area contributed by atoms with Gasteiger partial charge in [-0.3, -0.25) is 4.79 Å². The normalized spacial score (nSPS) is 12.8. The first-order chi connectivity index (χ1) is 10.7. The second-order valence-corrected chi connectivity index (χ2v) is 6.69. The Labute approximate surface area is 135 Å². The van der Waals surface area contributed by atoms with Crippen molar-refractivity contribution in [1.29, 1.82) is 0 Å². The molecule has 2 N–H and O–H groups in total. The minimum atomic E-state index is -4.20. The molecule has 1 aromatic rings. The average molecular weight is 347 g/mol. The number of ether oxygens (including phenoxy) is 3. The van der Waals surface area contributed by atoms with Gasteiger partial charge in [-0.2, -0.15) is 4.72 Å². The lowest BCUT2D eigenvalue weighted by Gasteiger charge is -2.20. The first-order valence-corrected chi connectivity index (χ1v) is 8.21. The maximum absolute atomic E-state index is 12.6. The molecule has 1 aromatic carbocycles. The summed E-state index contributed by atoms with van der Waals surface area (Å²) in [5.41, 5.74) is 0. The number of rotatable bonds is 8. The van der Waals surface area contributed by atoms with Crippen LogP contribution in [0.4, 0.5) is 0 Å². The molecule has 8 nitrogen and oxygen atoms in total. The molecule has 0 aliphatic heterocycles. The van der Waals surface area contributed by atoms with Crippen molar-refractivity contribution < 1.29 is 32.5 Å². The molecule has 0 fully saturated rings. The highest BCUT2D eigenvalue weighted by molar-refractivity contribution is 7.89. The van der Waals surface area contributed by atoms with Crippen molar-refractivity contribution in [2.45, 2.75) is 24.8 Å². The van der Waals surface area contributed by atoms with Crippen LogP contribution in [0.25, 0.3) is 0 Å². The molecular formula is C14H21NO7S. The molecule has 23 heavy (non-hydrogen) atoms. The Morgan fingerprint density at radius 1 is 1.09 bits per heavy atom. The largest absolute Gasteiger partial charge is 0.496 e. The number of carboxylic acid groups (broad SMARTS) is 1. The van der Waals surface area contributed by atoms with Crippen LogP contribution in [0.1, 0.15) is 13.8 Å². The van der Waals surface area contributed by atoms with Crippen molar-refractivity contribution in [3.8, 4) is 17.2 Å². The third-order valence-electron chi connectivity index (χ3n) is 3.15. The third-order valence-corrected chi connectivity index (χ3v) is 4.66. The Hall–Kier alpha value is -2.00. The van der Waals surface area contributed by atoms with E-state index < -0.39 is 28.0 Å². The predicted octanol–water partition coefficient (Wildman–Crippen LogP) is 1.10. The Morgan fingerprint density at radius 2 is 1.57 bits per heavy atom. The number of benzene rings is 1. The van der Waals surface area contributed by atoms with E-state index in [4.69, 9.17) is 14.2 Å². The lowest BCUT2D eigenvalue weighted by Crippen LogP contribution is -2.44. The summed E-state index contributed by atoms with van der Waals surface area (Å²) in [5, 5.41) is 9.18. The van der Waals surface area contributed by atoms with Crippen LogP contribution in [0.3, 0.4) is 0 Å². The van der Waals surface area contributed by atoms with Crippen LogP contribution in [0, 0.1) is 5.92 Å². The van der Waals surface area contributed by atoms with E-state index in [1.165, 1.54) is 33.5 Å². The zero-order valence-electron chi connectivity index (χ0n) is 13.6. The van der Waals surface area contributed by atoms with Crippen LogP contribution in [-0.4, -0.2) is 46.9 Å². The molecule has 0 saturated heterocycles. The number of nitrogens with one attached hydrogen (secondary N) is 1. The van der Waals surface area contributed by atoms with Gasteiger partial charge < -0.3 is 19.3 Å². The summed E-state index contributed by atoms with van der Waals surface area (Å²) in [6.07, 6.45) is 0. The second kappa shape index (κ2) is 7.51. The highest BCUT2D eigenvalue weighted by atomic mass is 32.2. The van der Waals surface area contributed by atoms with E-state index in [2.05, 4.69) is 4.72 Å². The molecule has 0 saturated carbocycles. The van der Waals surface area contributed by atoms with Crippen molar-refractivity contribution in [1.82, 2.24) is 4.72 Å². The van der Waals surface area contributed by atoms with E-state index in [0.29, 0.717) is 5.75 Å². The summed E-state index contributed by atoms with van der Waals surface area (Å²) in [5.74, 6) is -1.40. The predicted molar refractivity (Wildman–Crippen MR) is 82.7 cm³/mol. The van der Waals surface area contributed by atoms with Crippen LogP contribution in [-0.2, 0) is 14.8 Å². The zero-order valence-corrected chi connectivity index (χ0v) is 14.4. The highest BCUT2D eigenvalue weighted by Gasteiger charge is 2.32. The van der Waals surface area contributed by atoms with E-state index in [-0.39, 0.29) is 16.4 Å². The van der Waals surface area contributed by atoms with Crippen LogP contribution in [0.15, 0.2) is 17.0 Å². The molecule has 1 rings (SSSR count). The van der Waals surface area contributed by atoms with Crippen molar-refractivity contribution in [2.24, 2.45) is 5.92 Å². The Bertz CT molecular complexity index is 645. The molecule has 0 bridgehead atoms. The Kier molecular flexibility index (Phi) is 6.22. The number of hydrogen-bond donors (Lipinski definition) is 2. The highest BCUT2D eigenvalue weighted by Crippen LogP contribution is 2.37. The van der Waals surface area contributed by atoms with Crippen molar-refractivity contribution in [3.63, 3.8) is 0 Å². The van der Waals surface area contributed by atoms with Gasteiger partial charge in [0.25, 0.3) is 0 Å².